The number of carbonyl (C=O) groups excluding carboxylic acids is 2. The molecule has 0 atom stereocenters. The van der Waals surface area contributed by atoms with Gasteiger partial charge in [-0.1, -0.05) is 75.8 Å². The molecule has 0 saturated heterocycles. The van der Waals surface area contributed by atoms with Gasteiger partial charge in [-0.05, 0) is 75.2 Å². The number of ether oxygens (including phenoxy) is 2. The van der Waals surface area contributed by atoms with Gasteiger partial charge in [-0.15, -0.1) is 0 Å². The highest BCUT2D eigenvalue weighted by Gasteiger charge is 2.19. The fourth-order valence-electron chi connectivity index (χ4n) is 4.13. The number of hydrogen-bond donors (Lipinski definition) is 1. The molecule has 0 spiro atoms. The fraction of sp³-hybridized carbons (Fsp3) is 0.394. The van der Waals surface area contributed by atoms with Crippen molar-refractivity contribution in [3.05, 3.63) is 83.9 Å². The van der Waals surface area contributed by atoms with E-state index < -0.39 is 11.6 Å². The Morgan fingerprint density at radius 3 is 2.03 bits per heavy atom. The first kappa shape index (κ1) is 29.0. The largest absolute Gasteiger partial charge is 0.456 e. The zero-order valence-electron chi connectivity index (χ0n) is 23.2. The molecule has 0 aliphatic heterocycles. The van der Waals surface area contributed by atoms with E-state index >= 15 is 0 Å². The van der Waals surface area contributed by atoms with Crippen LogP contribution >= 0.6 is 0 Å². The van der Waals surface area contributed by atoms with Gasteiger partial charge in [0.1, 0.15) is 11.4 Å². The highest BCUT2D eigenvalue weighted by atomic mass is 16.6. The van der Waals surface area contributed by atoms with Gasteiger partial charge in [-0.25, -0.2) is 9.59 Å². The van der Waals surface area contributed by atoms with Gasteiger partial charge in [-0.2, -0.15) is 0 Å². The van der Waals surface area contributed by atoms with Gasteiger partial charge < -0.3 is 14.8 Å². The lowest BCUT2D eigenvalue weighted by atomic mass is 10.0. The van der Waals surface area contributed by atoms with E-state index in [1.54, 1.807) is 24.3 Å². The van der Waals surface area contributed by atoms with Crippen molar-refractivity contribution in [1.82, 2.24) is 0 Å². The highest BCUT2D eigenvalue weighted by molar-refractivity contribution is 5.93. The summed E-state index contributed by atoms with van der Waals surface area (Å²) >= 11 is 0. The number of nitrogens with one attached hydrogen (secondary N) is 1. The van der Waals surface area contributed by atoms with Gasteiger partial charge in [0.05, 0.1) is 11.1 Å². The van der Waals surface area contributed by atoms with Crippen molar-refractivity contribution in [2.24, 2.45) is 0 Å². The Labute approximate surface area is 227 Å². The number of unbranched alkanes of at least 4 members (excludes halogenated alkanes) is 6. The van der Waals surface area contributed by atoms with Gasteiger partial charge in [0.25, 0.3) is 0 Å². The van der Waals surface area contributed by atoms with Gasteiger partial charge in [0.15, 0.2) is 0 Å². The minimum atomic E-state index is -0.565. The van der Waals surface area contributed by atoms with E-state index in [9.17, 15) is 9.59 Å². The van der Waals surface area contributed by atoms with Crippen LogP contribution < -0.4 is 10.1 Å². The third-order valence-corrected chi connectivity index (χ3v) is 6.13. The number of anilines is 1. The molecule has 0 fully saturated rings. The molecular formula is C33H41NO4. The molecule has 0 unspecified atom stereocenters. The van der Waals surface area contributed by atoms with Crippen LogP contribution in [0.5, 0.6) is 5.75 Å². The Bertz CT molecular complexity index is 1160. The van der Waals surface area contributed by atoms with Gasteiger partial charge in [-0.3, -0.25) is 0 Å². The summed E-state index contributed by atoms with van der Waals surface area (Å²) in [6.45, 7) is 8.65. The van der Waals surface area contributed by atoms with Crippen LogP contribution in [-0.2, 0) is 4.74 Å². The minimum absolute atomic E-state index is 0.370. The molecule has 3 aromatic rings. The molecule has 0 bridgehead atoms. The summed E-state index contributed by atoms with van der Waals surface area (Å²) in [7, 11) is 0. The Morgan fingerprint density at radius 1 is 0.737 bits per heavy atom. The maximum Gasteiger partial charge on any atom is 0.343 e. The molecule has 3 aromatic carbocycles. The number of benzene rings is 3. The third kappa shape index (κ3) is 9.37. The Hall–Kier alpha value is -3.60. The second-order valence-electron chi connectivity index (χ2n) is 10.6. The summed E-state index contributed by atoms with van der Waals surface area (Å²) in [5, 5.41) is 3.51. The Balaban J connectivity index is 1.75. The maximum atomic E-state index is 12.8. The van der Waals surface area contributed by atoms with Crippen molar-refractivity contribution in [1.29, 1.82) is 0 Å². The monoisotopic (exact) mass is 515 g/mol. The predicted molar refractivity (Wildman–Crippen MR) is 155 cm³/mol. The topological polar surface area (TPSA) is 64.6 Å². The third-order valence-electron chi connectivity index (χ3n) is 6.13. The molecule has 0 aliphatic rings. The molecular weight excluding hydrogens is 474 g/mol. The Kier molecular flexibility index (Phi) is 11.0. The average Bonchev–Trinajstić information content (AvgIpc) is 2.90. The van der Waals surface area contributed by atoms with Crippen LogP contribution in [0, 0.1) is 0 Å². The molecule has 0 heterocycles. The molecule has 0 aliphatic carbocycles. The molecule has 0 amide bonds. The van der Waals surface area contributed by atoms with Crippen molar-refractivity contribution in [3.8, 4) is 16.9 Å². The SMILES string of the molecule is CCCCCCCCCNc1ccc(OC(=O)c2ccccc2)c(-c2ccc(C(=O)OC(C)(C)C)cc2)c1. The molecule has 0 saturated carbocycles. The predicted octanol–water partition coefficient (Wildman–Crippen LogP) is 8.69. The summed E-state index contributed by atoms with van der Waals surface area (Å²) in [6.07, 6.45) is 8.80. The lowest BCUT2D eigenvalue weighted by molar-refractivity contribution is 0.00694. The van der Waals surface area contributed by atoms with E-state index in [0.717, 1.165) is 29.8 Å². The zero-order valence-corrected chi connectivity index (χ0v) is 23.2. The van der Waals surface area contributed by atoms with E-state index in [2.05, 4.69) is 12.2 Å². The quantitative estimate of drug-likeness (QED) is 0.140. The molecule has 5 nitrogen and oxygen atoms in total. The molecule has 0 radical (unpaired) electrons. The minimum Gasteiger partial charge on any atom is -0.456 e. The van der Waals surface area contributed by atoms with E-state index in [-0.39, 0.29) is 5.97 Å². The molecule has 3 rings (SSSR count). The lowest BCUT2D eigenvalue weighted by Gasteiger charge is -2.19. The normalized spacial score (nSPS) is 11.2. The van der Waals surface area contributed by atoms with Crippen molar-refractivity contribution in [2.75, 3.05) is 11.9 Å². The molecule has 202 valence electrons. The number of rotatable bonds is 13. The van der Waals surface area contributed by atoms with Crippen molar-refractivity contribution < 1.29 is 19.1 Å². The van der Waals surface area contributed by atoms with Crippen LogP contribution in [0.15, 0.2) is 72.8 Å². The first-order valence-corrected chi connectivity index (χ1v) is 13.8. The van der Waals surface area contributed by atoms with E-state index in [1.165, 1.54) is 38.5 Å². The van der Waals surface area contributed by atoms with Crippen LogP contribution in [0.2, 0.25) is 0 Å². The first-order valence-electron chi connectivity index (χ1n) is 13.8. The van der Waals surface area contributed by atoms with Crippen LogP contribution in [-0.4, -0.2) is 24.1 Å². The second kappa shape index (κ2) is 14.4. The van der Waals surface area contributed by atoms with Gasteiger partial charge in [0, 0.05) is 17.8 Å². The summed E-state index contributed by atoms with van der Waals surface area (Å²) in [4.78, 5) is 25.3. The zero-order chi connectivity index (χ0) is 27.4. The van der Waals surface area contributed by atoms with Gasteiger partial charge in [0.2, 0.25) is 0 Å². The van der Waals surface area contributed by atoms with Crippen LogP contribution in [0.3, 0.4) is 0 Å². The number of hydrogen-bond acceptors (Lipinski definition) is 5. The lowest BCUT2D eigenvalue weighted by Crippen LogP contribution is -2.23. The van der Waals surface area contributed by atoms with Crippen molar-refractivity contribution in [3.63, 3.8) is 0 Å². The molecule has 1 N–H and O–H groups in total. The Morgan fingerprint density at radius 2 is 1.37 bits per heavy atom. The van der Waals surface area contributed by atoms with Crippen LogP contribution in [0.4, 0.5) is 5.69 Å². The number of carbonyl (C=O) groups is 2. The van der Waals surface area contributed by atoms with Crippen molar-refractivity contribution >= 4 is 17.6 Å². The van der Waals surface area contributed by atoms with Crippen molar-refractivity contribution in [2.45, 2.75) is 78.2 Å². The maximum absolute atomic E-state index is 12.8. The van der Waals surface area contributed by atoms with E-state index in [0.29, 0.717) is 16.9 Å². The van der Waals surface area contributed by atoms with E-state index in [4.69, 9.17) is 9.47 Å². The average molecular weight is 516 g/mol. The smallest absolute Gasteiger partial charge is 0.343 e. The van der Waals surface area contributed by atoms with Gasteiger partial charge >= 0.3 is 11.9 Å². The van der Waals surface area contributed by atoms with E-state index in [1.807, 2.05) is 69.3 Å². The summed E-state index contributed by atoms with van der Waals surface area (Å²) in [6, 6.07) is 21.9. The summed E-state index contributed by atoms with van der Waals surface area (Å²) in [5.41, 5.74) is 2.97. The van der Waals surface area contributed by atoms with Crippen LogP contribution in [0.1, 0.15) is 93.4 Å². The summed E-state index contributed by atoms with van der Waals surface area (Å²) < 4.78 is 11.3. The molecule has 38 heavy (non-hydrogen) atoms. The fourth-order valence-corrected chi connectivity index (χ4v) is 4.13. The molecule has 0 aromatic heterocycles. The molecule has 5 heteroatoms. The standard InChI is InChI=1S/C33H41NO4/c1-5-6-7-8-9-10-14-23-34-28-21-22-30(37-31(35)26-15-12-11-13-16-26)29(24-28)25-17-19-27(20-18-25)32(36)38-33(2,3)4/h11-13,15-22,24,34H,5-10,14,23H2,1-4H3. The second-order valence-corrected chi connectivity index (χ2v) is 10.6. The first-order chi connectivity index (χ1) is 18.3. The number of esters is 2. The highest BCUT2D eigenvalue weighted by Crippen LogP contribution is 2.34. The van der Waals surface area contributed by atoms with Crippen LogP contribution in [0.25, 0.3) is 11.1 Å². The summed E-state index contributed by atoms with van der Waals surface area (Å²) in [5.74, 6) is -0.323.